The summed E-state index contributed by atoms with van der Waals surface area (Å²) in [4.78, 5) is 37.3. The van der Waals surface area contributed by atoms with Gasteiger partial charge in [0.05, 0.1) is 6.04 Å². The summed E-state index contributed by atoms with van der Waals surface area (Å²) in [5.74, 6) is -0.860. The van der Waals surface area contributed by atoms with Crippen LogP contribution in [-0.2, 0) is 4.79 Å². The van der Waals surface area contributed by atoms with E-state index in [9.17, 15) is 14.4 Å². The molecule has 0 aliphatic heterocycles. The highest BCUT2D eigenvalue weighted by Crippen LogP contribution is 2.21. The molecule has 0 aliphatic carbocycles. The molecule has 1 N–H and O–H groups in total. The Hall–Kier alpha value is -4.45. The molecule has 3 aromatic carbocycles. The second kappa shape index (κ2) is 10.0. The predicted octanol–water partition coefficient (Wildman–Crippen LogP) is 5.21. The second-order valence-corrected chi connectivity index (χ2v) is 7.92. The van der Waals surface area contributed by atoms with Crippen LogP contribution in [0.25, 0.3) is 17.0 Å². The Morgan fingerprint density at radius 1 is 0.971 bits per heavy atom. The lowest BCUT2D eigenvalue weighted by molar-refractivity contribution is -0.128. The van der Waals surface area contributed by atoms with Crippen LogP contribution in [0.15, 0.2) is 94.2 Å². The van der Waals surface area contributed by atoms with E-state index in [0.717, 1.165) is 16.7 Å². The maximum Gasteiger partial charge on any atom is 0.349 e. The van der Waals surface area contributed by atoms with Crippen molar-refractivity contribution in [3.63, 3.8) is 0 Å². The molecule has 0 aliphatic rings. The smallest absolute Gasteiger partial charge is 0.349 e. The summed E-state index contributed by atoms with van der Waals surface area (Å²) in [5, 5.41) is 3.34. The van der Waals surface area contributed by atoms with Crippen molar-refractivity contribution in [3.05, 3.63) is 118 Å². The van der Waals surface area contributed by atoms with Crippen molar-refractivity contribution in [2.45, 2.75) is 19.9 Å². The van der Waals surface area contributed by atoms with Gasteiger partial charge in [-0.05, 0) is 49.2 Å². The third kappa shape index (κ3) is 5.48. The topological polar surface area (TPSA) is 85.6 Å². The van der Waals surface area contributed by atoms with E-state index in [1.807, 2.05) is 68.4 Å². The number of aryl methyl sites for hydroxylation is 1. The normalized spacial score (nSPS) is 11.9. The van der Waals surface area contributed by atoms with Gasteiger partial charge in [-0.25, -0.2) is 9.59 Å². The molecule has 1 amide bonds. The van der Waals surface area contributed by atoms with E-state index in [4.69, 9.17) is 9.15 Å². The van der Waals surface area contributed by atoms with Gasteiger partial charge in [-0.15, -0.1) is 0 Å². The number of fused-ring (bicyclic) bond motifs is 1. The standard InChI is InChI=1S/C28H23NO5/c1-18-8-10-20(11-9-18)12-15-26(30)33-23-14-13-22-16-24(28(32)34-25(22)17-23)27(31)29-19(2)21-6-4-3-5-7-21/h3-17,19H,1-2H3,(H,29,31)/b15-12+. The molecule has 1 unspecified atom stereocenters. The van der Waals surface area contributed by atoms with Crippen molar-refractivity contribution >= 4 is 28.9 Å². The van der Waals surface area contributed by atoms with Gasteiger partial charge in [0.15, 0.2) is 0 Å². The number of carbonyl (C=O) groups excluding carboxylic acids is 2. The first-order valence-electron chi connectivity index (χ1n) is 10.8. The van der Waals surface area contributed by atoms with Gasteiger partial charge in [-0.2, -0.15) is 0 Å². The molecular formula is C28H23NO5. The lowest BCUT2D eigenvalue weighted by Gasteiger charge is -2.14. The van der Waals surface area contributed by atoms with Crippen molar-refractivity contribution in [1.82, 2.24) is 5.32 Å². The fourth-order valence-electron chi connectivity index (χ4n) is 3.40. The SMILES string of the molecule is Cc1ccc(/C=C/C(=O)Oc2ccc3cc(C(=O)NC(C)c4ccccc4)c(=O)oc3c2)cc1. The average Bonchev–Trinajstić information content (AvgIpc) is 2.83. The third-order valence-electron chi connectivity index (χ3n) is 5.31. The zero-order valence-corrected chi connectivity index (χ0v) is 18.8. The van der Waals surface area contributed by atoms with E-state index in [0.29, 0.717) is 5.39 Å². The van der Waals surface area contributed by atoms with Gasteiger partial charge in [0.2, 0.25) is 0 Å². The van der Waals surface area contributed by atoms with Gasteiger partial charge in [0.25, 0.3) is 5.91 Å². The number of esters is 1. The summed E-state index contributed by atoms with van der Waals surface area (Å²) in [5.41, 5.74) is 2.27. The zero-order chi connectivity index (χ0) is 24.1. The quantitative estimate of drug-likeness (QED) is 0.187. The maximum absolute atomic E-state index is 12.7. The number of amides is 1. The largest absolute Gasteiger partial charge is 0.423 e. The number of nitrogens with one attached hydrogen (secondary N) is 1. The molecule has 1 heterocycles. The first-order chi connectivity index (χ1) is 16.4. The van der Waals surface area contributed by atoms with Crippen LogP contribution in [0.3, 0.4) is 0 Å². The van der Waals surface area contributed by atoms with Crippen LogP contribution in [0.1, 0.15) is 40.0 Å². The average molecular weight is 453 g/mol. The van der Waals surface area contributed by atoms with E-state index >= 15 is 0 Å². The van der Waals surface area contributed by atoms with Gasteiger partial charge in [0, 0.05) is 17.5 Å². The Labute approximate surface area is 196 Å². The molecule has 0 fully saturated rings. The van der Waals surface area contributed by atoms with Crippen molar-refractivity contribution in [3.8, 4) is 5.75 Å². The summed E-state index contributed by atoms with van der Waals surface area (Å²) < 4.78 is 10.7. The van der Waals surface area contributed by atoms with Crippen LogP contribution in [0, 0.1) is 6.92 Å². The van der Waals surface area contributed by atoms with E-state index in [-0.39, 0.29) is 22.9 Å². The monoisotopic (exact) mass is 453 g/mol. The number of rotatable bonds is 6. The number of ether oxygens (including phenoxy) is 1. The first kappa shape index (κ1) is 22.7. The summed E-state index contributed by atoms with van der Waals surface area (Å²) in [7, 11) is 0. The van der Waals surface area contributed by atoms with Crippen molar-refractivity contribution in [1.29, 1.82) is 0 Å². The number of carbonyl (C=O) groups is 2. The number of benzene rings is 3. The molecular weight excluding hydrogens is 430 g/mol. The Morgan fingerprint density at radius 3 is 2.44 bits per heavy atom. The molecule has 0 saturated heterocycles. The molecule has 4 rings (SSSR count). The van der Waals surface area contributed by atoms with E-state index in [1.54, 1.807) is 18.2 Å². The number of hydrogen-bond acceptors (Lipinski definition) is 5. The summed E-state index contributed by atoms with van der Waals surface area (Å²) in [6, 6.07) is 23.0. The molecule has 6 heteroatoms. The van der Waals surface area contributed by atoms with E-state index in [1.165, 1.54) is 18.2 Å². The fourth-order valence-corrected chi connectivity index (χ4v) is 3.40. The minimum absolute atomic E-state index is 0.0962. The minimum Gasteiger partial charge on any atom is -0.423 e. The first-order valence-corrected chi connectivity index (χ1v) is 10.8. The molecule has 6 nitrogen and oxygen atoms in total. The van der Waals surface area contributed by atoms with Gasteiger partial charge in [-0.1, -0.05) is 60.2 Å². The zero-order valence-electron chi connectivity index (χ0n) is 18.8. The third-order valence-corrected chi connectivity index (χ3v) is 5.31. The van der Waals surface area contributed by atoms with Gasteiger partial charge >= 0.3 is 11.6 Å². The van der Waals surface area contributed by atoms with Gasteiger partial charge in [0.1, 0.15) is 16.9 Å². The molecule has 0 spiro atoms. The summed E-state index contributed by atoms with van der Waals surface area (Å²) >= 11 is 0. The molecule has 34 heavy (non-hydrogen) atoms. The van der Waals surface area contributed by atoms with Crippen LogP contribution < -0.4 is 15.7 Å². The highest BCUT2D eigenvalue weighted by atomic mass is 16.5. The van der Waals surface area contributed by atoms with E-state index in [2.05, 4.69) is 5.32 Å². The molecule has 0 radical (unpaired) electrons. The molecule has 1 aromatic heterocycles. The Morgan fingerprint density at radius 2 is 1.71 bits per heavy atom. The van der Waals surface area contributed by atoms with Gasteiger partial charge in [-0.3, -0.25) is 4.79 Å². The molecule has 4 aromatic rings. The van der Waals surface area contributed by atoms with Crippen LogP contribution in [-0.4, -0.2) is 11.9 Å². The summed E-state index contributed by atoms with van der Waals surface area (Å²) in [6.07, 6.45) is 2.98. The highest BCUT2D eigenvalue weighted by molar-refractivity contribution is 5.97. The van der Waals surface area contributed by atoms with E-state index < -0.39 is 17.5 Å². The lowest BCUT2D eigenvalue weighted by atomic mass is 10.1. The Bertz CT molecular complexity index is 1420. The molecule has 1 atom stereocenters. The lowest BCUT2D eigenvalue weighted by Crippen LogP contribution is -2.30. The van der Waals surface area contributed by atoms with Crippen LogP contribution in [0.5, 0.6) is 5.75 Å². The van der Waals surface area contributed by atoms with Gasteiger partial charge < -0.3 is 14.5 Å². The Kier molecular flexibility index (Phi) is 6.69. The van der Waals surface area contributed by atoms with Crippen molar-refractivity contribution < 1.29 is 18.7 Å². The second-order valence-electron chi connectivity index (χ2n) is 7.92. The number of hydrogen-bond donors (Lipinski definition) is 1. The fraction of sp³-hybridized carbons (Fsp3) is 0.107. The predicted molar refractivity (Wildman–Crippen MR) is 131 cm³/mol. The van der Waals surface area contributed by atoms with Crippen molar-refractivity contribution in [2.75, 3.05) is 0 Å². The Balaban J connectivity index is 1.47. The van der Waals surface area contributed by atoms with Crippen molar-refractivity contribution in [2.24, 2.45) is 0 Å². The van der Waals surface area contributed by atoms with Crippen LogP contribution in [0.4, 0.5) is 0 Å². The highest BCUT2D eigenvalue weighted by Gasteiger charge is 2.17. The molecule has 170 valence electrons. The molecule has 0 bridgehead atoms. The molecule has 0 saturated carbocycles. The van der Waals surface area contributed by atoms with Crippen LogP contribution >= 0.6 is 0 Å². The van der Waals surface area contributed by atoms with Crippen LogP contribution in [0.2, 0.25) is 0 Å². The minimum atomic E-state index is -0.770. The summed E-state index contributed by atoms with van der Waals surface area (Å²) in [6.45, 7) is 3.82. The maximum atomic E-state index is 12.7.